The molecular weight excluding hydrogens is 1120 g/mol. The van der Waals surface area contributed by atoms with Crippen LogP contribution in [-0.4, -0.2) is 163 Å². The van der Waals surface area contributed by atoms with Crippen molar-refractivity contribution in [2.24, 2.45) is 11.8 Å². The molecule has 3 amide bonds. The molecule has 1 saturated carbocycles. The van der Waals surface area contributed by atoms with Crippen molar-refractivity contribution in [2.75, 3.05) is 103 Å². The number of benzene rings is 3. The van der Waals surface area contributed by atoms with E-state index >= 15 is 0 Å². The molecule has 5 aromatic rings. The number of aliphatic hydroxyl groups is 1. The second-order valence-corrected chi connectivity index (χ2v) is 22.5. The second-order valence-electron chi connectivity index (χ2n) is 20.8. The molecule has 2 aromatic heterocycles. The third-order valence-corrected chi connectivity index (χ3v) is 16.1. The van der Waals surface area contributed by atoms with E-state index in [1.807, 2.05) is 110 Å². The number of thiazole rings is 1. The van der Waals surface area contributed by atoms with E-state index in [2.05, 4.69) is 53.4 Å². The molecule has 3 aliphatic rings. The number of β-amino-alcohol motifs (C(OH)–C–C–N with tert-alkyl or cyclic N) is 1. The van der Waals surface area contributed by atoms with Gasteiger partial charge < -0.3 is 64.2 Å². The lowest BCUT2D eigenvalue weighted by Crippen LogP contribution is -2.54. The number of ether oxygens (including phenoxy) is 6. The van der Waals surface area contributed by atoms with Crippen LogP contribution in [0.2, 0.25) is 0 Å². The number of rotatable bonds is 33. The van der Waals surface area contributed by atoms with E-state index in [0.29, 0.717) is 96.6 Å². The lowest BCUT2D eigenvalue weighted by molar-refractivity contribution is -0.143. The summed E-state index contributed by atoms with van der Waals surface area (Å²) < 4.78 is 35.9. The van der Waals surface area contributed by atoms with Crippen LogP contribution in [0.25, 0.3) is 16.1 Å². The highest BCUT2D eigenvalue weighted by Gasteiger charge is 2.45. The van der Waals surface area contributed by atoms with Crippen molar-refractivity contribution in [2.45, 2.75) is 90.6 Å². The third-order valence-electron chi connectivity index (χ3n) is 14.6. The standard InChI is InChI=1S/C60H78BrN9O10S/c1-40(2)54(69-37-46-11-6-7-14-50(46)42(69)4)59(74)70-38-48(71)34-52(70)57(72)63-35-45-16-15-44(55-41(3)65-39-81-55)33-53(45)80-32-30-78-28-26-76-24-10-23-75-25-27-77-29-31-79-49-19-17-47(18-20-49)66-60-64-36-51(61)56(67-60)62-21-9-22-68(5)58(73)43-12-8-13-43/h6-7,11,14-20,33,36,39-40,43,48,52,54,71H,4,8-10,12-13,21-32,34-35,37-38H2,1-3,5H3,(H,63,72)(H2,62,64,66,67)/t48-,52+,54+/m1/s1. The molecule has 1 aliphatic carbocycles. The number of aliphatic hydroxyl groups excluding tert-OH is 1. The molecular formula is C60H78BrN9O10S. The van der Waals surface area contributed by atoms with E-state index in [1.54, 1.807) is 22.4 Å². The maximum atomic E-state index is 14.4. The molecule has 0 unspecified atom stereocenters. The predicted octanol–water partition coefficient (Wildman–Crippen LogP) is 8.48. The summed E-state index contributed by atoms with van der Waals surface area (Å²) in [5.41, 5.74) is 8.18. The largest absolute Gasteiger partial charge is 0.491 e. The van der Waals surface area contributed by atoms with Gasteiger partial charge in [0.1, 0.15) is 42.6 Å². The summed E-state index contributed by atoms with van der Waals surface area (Å²) in [4.78, 5) is 60.6. The fourth-order valence-corrected chi connectivity index (χ4v) is 11.1. The average Bonchev–Trinajstić information content (AvgIpc) is 4.23. The van der Waals surface area contributed by atoms with E-state index in [1.165, 1.54) is 0 Å². The Morgan fingerprint density at radius 3 is 2.27 bits per heavy atom. The number of anilines is 3. The van der Waals surface area contributed by atoms with Gasteiger partial charge in [0.05, 0.1) is 66.3 Å². The van der Waals surface area contributed by atoms with Gasteiger partial charge in [-0.05, 0) is 95.9 Å². The minimum Gasteiger partial charge on any atom is -0.491 e. The van der Waals surface area contributed by atoms with Gasteiger partial charge in [-0.25, -0.2) is 9.97 Å². The zero-order valence-electron chi connectivity index (χ0n) is 47.0. The van der Waals surface area contributed by atoms with Crippen LogP contribution in [0.1, 0.15) is 74.8 Å². The topological polar surface area (TPSA) is 211 Å². The van der Waals surface area contributed by atoms with Crippen LogP contribution in [0.15, 0.2) is 89.5 Å². The Morgan fingerprint density at radius 1 is 0.889 bits per heavy atom. The monoisotopic (exact) mass is 1200 g/mol. The molecule has 436 valence electrons. The van der Waals surface area contributed by atoms with E-state index < -0.39 is 18.2 Å². The number of carbonyl (C=O) groups is 3. The molecule has 81 heavy (non-hydrogen) atoms. The zero-order valence-corrected chi connectivity index (χ0v) is 49.4. The highest BCUT2D eigenvalue weighted by Crippen LogP contribution is 2.37. The normalized spacial score (nSPS) is 16.3. The molecule has 19 nitrogen and oxygen atoms in total. The van der Waals surface area contributed by atoms with Gasteiger partial charge in [-0.1, -0.05) is 63.2 Å². The number of nitrogens with one attached hydrogen (secondary N) is 3. The summed E-state index contributed by atoms with van der Waals surface area (Å²) in [6, 6.07) is 20.1. The van der Waals surface area contributed by atoms with Gasteiger partial charge >= 0.3 is 0 Å². The minimum absolute atomic E-state index is 0.0709. The van der Waals surface area contributed by atoms with Crippen LogP contribution in [0.3, 0.4) is 0 Å². The fraction of sp³-hybridized carbons (Fsp3) is 0.500. The summed E-state index contributed by atoms with van der Waals surface area (Å²) in [6.07, 6.45) is 5.75. The third kappa shape index (κ3) is 17.2. The first-order chi connectivity index (χ1) is 39.3. The molecule has 21 heteroatoms. The Morgan fingerprint density at radius 2 is 1.59 bits per heavy atom. The Bertz CT molecular complexity index is 2850. The van der Waals surface area contributed by atoms with Gasteiger partial charge in [-0.3, -0.25) is 14.4 Å². The van der Waals surface area contributed by atoms with E-state index in [0.717, 1.165) is 86.5 Å². The van der Waals surface area contributed by atoms with Gasteiger partial charge in [0.25, 0.3) is 0 Å². The van der Waals surface area contributed by atoms with Crippen LogP contribution in [0.5, 0.6) is 11.5 Å². The highest BCUT2D eigenvalue weighted by atomic mass is 79.9. The molecule has 0 bridgehead atoms. The van der Waals surface area contributed by atoms with Crippen molar-refractivity contribution in [1.82, 2.24) is 35.0 Å². The quantitative estimate of drug-likeness (QED) is 0.0290. The van der Waals surface area contributed by atoms with Crippen molar-refractivity contribution in [3.63, 3.8) is 0 Å². The number of amides is 3. The molecule has 8 rings (SSSR count). The number of halogens is 1. The van der Waals surface area contributed by atoms with Crippen LogP contribution >= 0.6 is 27.3 Å². The average molecular weight is 1200 g/mol. The summed E-state index contributed by atoms with van der Waals surface area (Å²) in [5.74, 6) is 2.32. The summed E-state index contributed by atoms with van der Waals surface area (Å²) in [6.45, 7) is 16.7. The van der Waals surface area contributed by atoms with Crippen LogP contribution in [-0.2, 0) is 46.4 Å². The highest BCUT2D eigenvalue weighted by molar-refractivity contribution is 9.10. The lowest BCUT2D eigenvalue weighted by Gasteiger charge is -2.36. The predicted molar refractivity (Wildman–Crippen MR) is 316 cm³/mol. The van der Waals surface area contributed by atoms with Crippen molar-refractivity contribution in [3.8, 4) is 21.9 Å². The van der Waals surface area contributed by atoms with E-state index in [-0.39, 0.29) is 55.7 Å². The summed E-state index contributed by atoms with van der Waals surface area (Å²) in [7, 11) is 1.88. The lowest BCUT2D eigenvalue weighted by atomic mass is 9.84. The number of likely N-dealkylation sites (tertiary alicyclic amines) is 1. The smallest absolute Gasteiger partial charge is 0.246 e. The Labute approximate surface area is 488 Å². The van der Waals surface area contributed by atoms with E-state index in [4.69, 9.17) is 28.4 Å². The first-order valence-corrected chi connectivity index (χ1v) is 29.8. The zero-order chi connectivity index (χ0) is 57.1. The Hall–Kier alpha value is -6.20. The number of fused-ring (bicyclic) bond motifs is 1. The molecule has 4 heterocycles. The first kappa shape index (κ1) is 60.9. The number of nitrogens with zero attached hydrogens (tertiary/aromatic N) is 6. The van der Waals surface area contributed by atoms with Crippen molar-refractivity contribution >= 4 is 68.1 Å². The molecule has 2 aliphatic heterocycles. The van der Waals surface area contributed by atoms with E-state index in [9.17, 15) is 19.5 Å². The number of hydrogen-bond donors (Lipinski definition) is 4. The van der Waals surface area contributed by atoms with Crippen LogP contribution < -0.4 is 25.4 Å². The van der Waals surface area contributed by atoms with Gasteiger partial charge in [0.2, 0.25) is 23.7 Å². The molecule has 3 aromatic carbocycles. The summed E-state index contributed by atoms with van der Waals surface area (Å²) in [5, 5.41) is 20.4. The molecule has 0 radical (unpaired) electrons. The maximum Gasteiger partial charge on any atom is 0.246 e. The van der Waals surface area contributed by atoms with Gasteiger partial charge in [0, 0.05) is 94.0 Å². The Kier molecular flexibility index (Phi) is 23.1. The maximum absolute atomic E-state index is 14.4. The van der Waals surface area contributed by atoms with Crippen LogP contribution in [0.4, 0.5) is 17.5 Å². The number of aryl methyl sites for hydroxylation is 1. The molecule has 1 saturated heterocycles. The molecule has 4 N–H and O–H groups in total. The number of carbonyl (C=O) groups excluding carboxylic acids is 3. The SMILES string of the molecule is C=C1c2ccccc2CN1[C@H](C(=O)N1C[C@H](O)C[C@H]1C(=O)NCc1ccc(-c2scnc2C)cc1OCCOCCOCCCOCCOCCOc1ccc(Nc2ncc(Br)c(NCCCN(C)C(=O)C3CCC3)n2)cc1)C(C)C. The molecule has 0 spiro atoms. The number of aromatic nitrogens is 3. The van der Waals surface area contributed by atoms with Crippen molar-refractivity contribution in [3.05, 3.63) is 112 Å². The first-order valence-electron chi connectivity index (χ1n) is 28.1. The molecule has 3 atom stereocenters. The minimum atomic E-state index is -0.830. The van der Waals surface area contributed by atoms with Gasteiger partial charge in [0.15, 0.2) is 0 Å². The van der Waals surface area contributed by atoms with Crippen LogP contribution in [0, 0.1) is 18.8 Å². The molecule has 2 fully saturated rings. The van der Waals surface area contributed by atoms with Crippen molar-refractivity contribution < 1.29 is 47.9 Å². The van der Waals surface area contributed by atoms with Crippen molar-refractivity contribution in [1.29, 1.82) is 0 Å². The van der Waals surface area contributed by atoms with Gasteiger partial charge in [-0.2, -0.15) is 4.98 Å². The summed E-state index contributed by atoms with van der Waals surface area (Å²) >= 11 is 5.07. The Balaban J connectivity index is 0.665. The number of hydrogen-bond acceptors (Lipinski definition) is 17. The second kappa shape index (κ2) is 30.7. The van der Waals surface area contributed by atoms with Gasteiger partial charge in [-0.15, -0.1) is 11.3 Å². The fourth-order valence-electron chi connectivity index (χ4n) is 10.0.